The zero-order valence-electron chi connectivity index (χ0n) is 8.70. The van der Waals surface area contributed by atoms with Gasteiger partial charge in [-0.2, -0.15) is 0 Å². The zero-order chi connectivity index (χ0) is 8.12. The summed E-state index contributed by atoms with van der Waals surface area (Å²) in [4.78, 5) is 0. The molecule has 0 aromatic carbocycles. The van der Waals surface area contributed by atoms with Crippen LogP contribution in [0.2, 0.25) is 0 Å². The van der Waals surface area contributed by atoms with Gasteiger partial charge < -0.3 is 0 Å². The predicted molar refractivity (Wildman–Crippen MR) is 53.6 cm³/mol. The van der Waals surface area contributed by atoms with Gasteiger partial charge >= 0.3 is 0 Å². The number of hydrogen-bond donors (Lipinski definition) is 0. The molecular weight excluding hydrogens is 178 g/mol. The van der Waals surface area contributed by atoms with Gasteiger partial charge in [-0.05, 0) is 0 Å². The van der Waals surface area contributed by atoms with Crippen molar-refractivity contribution in [2.24, 2.45) is 0 Å². The van der Waals surface area contributed by atoms with Gasteiger partial charge in [0.15, 0.2) is 0 Å². The summed E-state index contributed by atoms with van der Waals surface area (Å²) >= 11 is 0. The first-order valence-corrected chi connectivity index (χ1v) is 4.24. The molecule has 0 atom stereocenters. The third kappa shape index (κ3) is 1240. The van der Waals surface area contributed by atoms with Gasteiger partial charge in [-0.3, -0.25) is 0 Å². The Morgan fingerprint density at radius 1 is 0.500 bits per heavy atom. The van der Waals surface area contributed by atoms with Crippen LogP contribution in [0.15, 0.2) is 0 Å². The Kier molecular flexibility index (Phi) is 122. The van der Waals surface area contributed by atoms with E-state index in [4.69, 9.17) is 0 Å². The standard InChI is InChI=1S/3C3H8.Ga/c3*1-3-2;/h3*3H2,1-2H3;. The van der Waals surface area contributed by atoms with Crippen LogP contribution in [0, 0.1) is 0 Å². The van der Waals surface area contributed by atoms with E-state index in [2.05, 4.69) is 41.5 Å². The van der Waals surface area contributed by atoms with Crippen molar-refractivity contribution in [2.45, 2.75) is 60.8 Å². The minimum absolute atomic E-state index is 0. The van der Waals surface area contributed by atoms with Gasteiger partial charge in [0.05, 0.1) is 0 Å². The molecule has 0 saturated heterocycles. The summed E-state index contributed by atoms with van der Waals surface area (Å²) in [5.41, 5.74) is 0. The molecule has 0 fully saturated rings. The van der Waals surface area contributed by atoms with Crippen molar-refractivity contribution in [3.63, 3.8) is 0 Å². The average molecular weight is 202 g/mol. The van der Waals surface area contributed by atoms with Crippen molar-refractivity contribution in [3.8, 4) is 0 Å². The fourth-order valence-corrected chi connectivity index (χ4v) is 0. The van der Waals surface area contributed by atoms with Crippen molar-refractivity contribution in [1.29, 1.82) is 0 Å². The molecule has 1 heteroatoms. The molecule has 0 aromatic heterocycles. The van der Waals surface area contributed by atoms with Crippen LogP contribution < -0.4 is 0 Å². The van der Waals surface area contributed by atoms with E-state index in [0.29, 0.717) is 0 Å². The van der Waals surface area contributed by atoms with Gasteiger partial charge in [-0.1, -0.05) is 60.8 Å². The van der Waals surface area contributed by atoms with Crippen LogP contribution >= 0.6 is 0 Å². The molecular formula is C9H24Ga. The molecule has 0 nitrogen and oxygen atoms in total. The van der Waals surface area contributed by atoms with Crippen LogP contribution in [-0.2, 0) is 0 Å². The number of hydrogen-bond acceptors (Lipinski definition) is 0. The number of rotatable bonds is 0. The van der Waals surface area contributed by atoms with Gasteiger partial charge in [0.2, 0.25) is 0 Å². The Bertz CT molecular complexity index is 9.44. The molecule has 0 aliphatic carbocycles. The Morgan fingerprint density at radius 2 is 0.500 bits per heavy atom. The van der Waals surface area contributed by atoms with Crippen LogP contribution in [0.1, 0.15) is 60.8 Å². The summed E-state index contributed by atoms with van der Waals surface area (Å²) in [5, 5.41) is 0. The first-order chi connectivity index (χ1) is 4.24. The van der Waals surface area contributed by atoms with Crippen molar-refractivity contribution in [1.82, 2.24) is 0 Å². The van der Waals surface area contributed by atoms with E-state index in [1.807, 2.05) is 0 Å². The van der Waals surface area contributed by atoms with Crippen molar-refractivity contribution < 1.29 is 0 Å². The summed E-state index contributed by atoms with van der Waals surface area (Å²) in [6, 6.07) is 0. The van der Waals surface area contributed by atoms with E-state index in [-0.39, 0.29) is 19.8 Å². The largest absolute Gasteiger partial charge is 0.0656 e. The van der Waals surface area contributed by atoms with Gasteiger partial charge in [0, 0.05) is 19.8 Å². The van der Waals surface area contributed by atoms with E-state index in [9.17, 15) is 0 Å². The van der Waals surface area contributed by atoms with E-state index < -0.39 is 0 Å². The minimum atomic E-state index is 0. The maximum absolute atomic E-state index is 2.12. The molecule has 63 valence electrons. The van der Waals surface area contributed by atoms with E-state index in [1.54, 1.807) is 0 Å². The summed E-state index contributed by atoms with van der Waals surface area (Å²) in [6.07, 6.45) is 3.75. The van der Waals surface area contributed by atoms with Crippen LogP contribution in [0.3, 0.4) is 0 Å². The van der Waals surface area contributed by atoms with E-state index >= 15 is 0 Å². The van der Waals surface area contributed by atoms with Crippen molar-refractivity contribution >= 4 is 19.8 Å². The van der Waals surface area contributed by atoms with Crippen molar-refractivity contribution in [2.75, 3.05) is 0 Å². The Labute approximate surface area is 80.9 Å². The second kappa shape index (κ2) is 54.4. The Balaban J connectivity index is -0.0000000257. The zero-order valence-corrected chi connectivity index (χ0v) is 11.1. The molecule has 0 unspecified atom stereocenters. The van der Waals surface area contributed by atoms with Gasteiger partial charge in [-0.25, -0.2) is 0 Å². The van der Waals surface area contributed by atoms with Crippen LogP contribution in [0.5, 0.6) is 0 Å². The molecule has 0 N–H and O–H groups in total. The first-order valence-electron chi connectivity index (χ1n) is 4.24. The first kappa shape index (κ1) is 22.4. The molecule has 0 saturated carbocycles. The van der Waals surface area contributed by atoms with Gasteiger partial charge in [-0.15, -0.1) is 0 Å². The summed E-state index contributed by atoms with van der Waals surface area (Å²) in [5.74, 6) is 0. The SMILES string of the molecule is CCC.CCC.CCC.[Ga]. The fraction of sp³-hybridized carbons (Fsp3) is 1.00. The Hall–Kier alpha value is 0.636. The molecule has 0 heterocycles. The quantitative estimate of drug-likeness (QED) is 0.523. The summed E-state index contributed by atoms with van der Waals surface area (Å²) < 4.78 is 0. The van der Waals surface area contributed by atoms with Gasteiger partial charge in [0.1, 0.15) is 0 Å². The maximum atomic E-state index is 2.12. The third-order valence-electron chi connectivity index (χ3n) is 0. The minimum Gasteiger partial charge on any atom is -0.0656 e. The van der Waals surface area contributed by atoms with Crippen LogP contribution in [-0.4, -0.2) is 19.8 Å². The molecule has 0 spiro atoms. The van der Waals surface area contributed by atoms with Crippen LogP contribution in [0.4, 0.5) is 0 Å². The second-order valence-electron chi connectivity index (χ2n) is 2.12. The third-order valence-corrected chi connectivity index (χ3v) is 0. The molecule has 0 bridgehead atoms. The molecule has 0 amide bonds. The average Bonchev–Trinajstić information content (AvgIpc) is 1.70. The molecule has 0 aromatic rings. The van der Waals surface area contributed by atoms with E-state index in [1.165, 1.54) is 19.3 Å². The van der Waals surface area contributed by atoms with E-state index in [0.717, 1.165) is 0 Å². The fourth-order valence-electron chi connectivity index (χ4n) is 0. The summed E-state index contributed by atoms with van der Waals surface area (Å²) in [6.45, 7) is 12.8. The Morgan fingerprint density at radius 3 is 0.500 bits per heavy atom. The molecule has 0 aliphatic heterocycles. The summed E-state index contributed by atoms with van der Waals surface area (Å²) in [7, 11) is 0. The second-order valence-corrected chi connectivity index (χ2v) is 2.12. The normalized spacial score (nSPS) is 5.40. The maximum Gasteiger partial charge on any atom is 0 e. The molecule has 0 rings (SSSR count). The van der Waals surface area contributed by atoms with Crippen molar-refractivity contribution in [3.05, 3.63) is 0 Å². The molecule has 10 heavy (non-hydrogen) atoms. The molecule has 3 radical (unpaired) electrons. The topological polar surface area (TPSA) is 0 Å². The smallest absolute Gasteiger partial charge is 0 e. The predicted octanol–water partition coefficient (Wildman–Crippen LogP) is 3.87. The van der Waals surface area contributed by atoms with Gasteiger partial charge in [0.25, 0.3) is 0 Å². The molecule has 0 aliphatic rings. The monoisotopic (exact) mass is 201 g/mol. The van der Waals surface area contributed by atoms with Crippen LogP contribution in [0.25, 0.3) is 0 Å².